The second-order valence-electron chi connectivity index (χ2n) is 6.82. The number of halogens is 1. The van der Waals surface area contributed by atoms with Crippen molar-refractivity contribution >= 4 is 32.5 Å². The van der Waals surface area contributed by atoms with Crippen molar-refractivity contribution < 1.29 is 22.3 Å². The number of carbonyl (C=O) groups is 1. The fourth-order valence-corrected chi connectivity index (χ4v) is 4.18. The molecule has 3 aromatic rings. The Balaban J connectivity index is 1.87. The number of nitrogens with one attached hydrogen (secondary N) is 1. The molecule has 1 N–H and O–H groups in total. The Morgan fingerprint density at radius 1 is 1.24 bits per heavy atom. The molecule has 0 saturated heterocycles. The number of benzene rings is 2. The van der Waals surface area contributed by atoms with Crippen LogP contribution in [0.4, 0.5) is 10.1 Å². The standard InChI is InChI=1S/C20H18FN3O4S/c1-28-19-16-15(11-24(20(16)25)10-12-5-7-13(21)8-6-12)17(23-29(2,26)27)14-4-3-9-22-18(14)19/h3-9,23H,10-11H2,1-2H3. The zero-order valence-corrected chi connectivity index (χ0v) is 16.6. The van der Waals surface area contributed by atoms with Gasteiger partial charge in [-0.25, -0.2) is 12.8 Å². The summed E-state index contributed by atoms with van der Waals surface area (Å²) in [6.07, 6.45) is 2.61. The Morgan fingerprint density at radius 2 is 1.97 bits per heavy atom. The quantitative estimate of drug-likeness (QED) is 0.692. The number of rotatable bonds is 5. The Labute approximate surface area is 167 Å². The van der Waals surface area contributed by atoms with E-state index >= 15 is 0 Å². The molecular formula is C20H18FN3O4S. The van der Waals surface area contributed by atoms with E-state index in [1.807, 2.05) is 0 Å². The molecule has 0 radical (unpaired) electrons. The highest BCUT2D eigenvalue weighted by molar-refractivity contribution is 7.92. The maximum Gasteiger partial charge on any atom is 0.258 e. The number of hydrogen-bond acceptors (Lipinski definition) is 5. The maximum atomic E-state index is 13.2. The molecule has 1 aliphatic rings. The minimum atomic E-state index is -3.60. The smallest absolute Gasteiger partial charge is 0.258 e. The number of ether oxygens (including phenoxy) is 1. The third-order valence-electron chi connectivity index (χ3n) is 4.75. The van der Waals surface area contributed by atoms with Crippen LogP contribution in [-0.4, -0.2) is 37.6 Å². The summed E-state index contributed by atoms with van der Waals surface area (Å²) in [5, 5.41) is 0.546. The van der Waals surface area contributed by atoms with E-state index in [1.54, 1.807) is 35.4 Å². The molecule has 0 bridgehead atoms. The van der Waals surface area contributed by atoms with Crippen LogP contribution in [0.15, 0.2) is 42.6 Å². The normalized spacial score (nSPS) is 13.6. The molecule has 1 aromatic heterocycles. The lowest BCUT2D eigenvalue weighted by molar-refractivity contribution is 0.0764. The first kappa shape index (κ1) is 19.1. The molecule has 9 heteroatoms. The molecule has 0 saturated carbocycles. The van der Waals surface area contributed by atoms with Gasteiger partial charge < -0.3 is 9.64 Å². The minimum absolute atomic E-state index is 0.185. The lowest BCUT2D eigenvalue weighted by atomic mass is 10.0. The number of nitrogens with zero attached hydrogens (tertiary/aromatic N) is 2. The molecule has 0 atom stereocenters. The molecule has 0 spiro atoms. The topological polar surface area (TPSA) is 88.6 Å². The molecule has 1 aliphatic heterocycles. The highest BCUT2D eigenvalue weighted by Gasteiger charge is 2.36. The van der Waals surface area contributed by atoms with Crippen molar-refractivity contribution in [3.63, 3.8) is 0 Å². The van der Waals surface area contributed by atoms with Gasteiger partial charge >= 0.3 is 0 Å². The van der Waals surface area contributed by atoms with Crippen molar-refractivity contribution in [2.24, 2.45) is 0 Å². The van der Waals surface area contributed by atoms with Crippen LogP contribution >= 0.6 is 0 Å². The van der Waals surface area contributed by atoms with E-state index in [4.69, 9.17) is 4.74 Å². The third-order valence-corrected chi connectivity index (χ3v) is 5.33. The highest BCUT2D eigenvalue weighted by Crippen LogP contribution is 2.43. The summed E-state index contributed by atoms with van der Waals surface area (Å²) in [5.41, 5.74) is 2.29. The van der Waals surface area contributed by atoms with Gasteiger partial charge in [-0.05, 0) is 29.8 Å². The van der Waals surface area contributed by atoms with Gasteiger partial charge in [0.25, 0.3) is 5.91 Å². The van der Waals surface area contributed by atoms with E-state index in [0.29, 0.717) is 27.9 Å². The summed E-state index contributed by atoms with van der Waals surface area (Å²) in [6, 6.07) is 9.30. The first-order valence-corrected chi connectivity index (χ1v) is 10.7. The fourth-order valence-electron chi connectivity index (χ4n) is 3.57. The Morgan fingerprint density at radius 3 is 2.62 bits per heavy atom. The summed E-state index contributed by atoms with van der Waals surface area (Å²) in [4.78, 5) is 19.0. The van der Waals surface area contributed by atoms with Gasteiger partial charge in [-0.1, -0.05) is 12.1 Å². The molecule has 1 amide bonds. The second kappa shape index (κ2) is 7.00. The first-order chi connectivity index (χ1) is 13.8. The third kappa shape index (κ3) is 3.49. The number of anilines is 1. The van der Waals surface area contributed by atoms with Gasteiger partial charge in [0.15, 0.2) is 5.75 Å². The van der Waals surface area contributed by atoms with Crippen LogP contribution in [0.2, 0.25) is 0 Å². The summed E-state index contributed by atoms with van der Waals surface area (Å²) in [5.74, 6) is -0.352. The number of hydrogen-bond donors (Lipinski definition) is 1. The lowest BCUT2D eigenvalue weighted by Crippen LogP contribution is -2.23. The van der Waals surface area contributed by atoms with Crippen LogP contribution < -0.4 is 9.46 Å². The molecule has 0 aliphatic carbocycles. The first-order valence-electron chi connectivity index (χ1n) is 8.77. The fraction of sp³-hybridized carbons (Fsp3) is 0.200. The van der Waals surface area contributed by atoms with E-state index in [9.17, 15) is 17.6 Å². The van der Waals surface area contributed by atoms with Gasteiger partial charge in [-0.15, -0.1) is 0 Å². The number of fused-ring (bicyclic) bond motifs is 2. The summed E-state index contributed by atoms with van der Waals surface area (Å²) in [6.45, 7) is 0.434. The number of pyridine rings is 1. The zero-order valence-electron chi connectivity index (χ0n) is 15.8. The molecule has 4 rings (SSSR count). The average molecular weight is 415 g/mol. The number of carbonyl (C=O) groups excluding carboxylic acids is 1. The Hall–Kier alpha value is -3.20. The molecule has 2 heterocycles. The van der Waals surface area contributed by atoms with E-state index in [-0.39, 0.29) is 30.4 Å². The van der Waals surface area contributed by atoms with Crippen molar-refractivity contribution in [3.05, 3.63) is 65.1 Å². The van der Waals surface area contributed by atoms with Crippen LogP contribution in [0.1, 0.15) is 21.5 Å². The Bertz CT molecular complexity index is 1230. The van der Waals surface area contributed by atoms with Crippen LogP contribution in [0.5, 0.6) is 5.75 Å². The van der Waals surface area contributed by atoms with Gasteiger partial charge in [-0.2, -0.15) is 0 Å². The van der Waals surface area contributed by atoms with Crippen molar-refractivity contribution in [1.82, 2.24) is 9.88 Å². The monoisotopic (exact) mass is 415 g/mol. The van der Waals surface area contributed by atoms with Crippen molar-refractivity contribution in [2.45, 2.75) is 13.1 Å². The molecule has 0 fully saturated rings. The molecular weight excluding hydrogens is 397 g/mol. The van der Waals surface area contributed by atoms with Crippen LogP contribution in [0.25, 0.3) is 10.9 Å². The van der Waals surface area contributed by atoms with Gasteiger partial charge in [-0.3, -0.25) is 14.5 Å². The Kier molecular flexibility index (Phi) is 4.62. The molecule has 29 heavy (non-hydrogen) atoms. The largest absolute Gasteiger partial charge is 0.494 e. The van der Waals surface area contributed by atoms with Crippen LogP contribution in [0, 0.1) is 5.82 Å². The van der Waals surface area contributed by atoms with Crippen molar-refractivity contribution in [3.8, 4) is 5.75 Å². The summed E-state index contributed by atoms with van der Waals surface area (Å²) < 4.78 is 45.2. The number of aromatic nitrogens is 1. The minimum Gasteiger partial charge on any atom is -0.494 e. The van der Waals surface area contributed by atoms with Crippen molar-refractivity contribution in [2.75, 3.05) is 18.1 Å². The zero-order chi connectivity index (χ0) is 20.8. The van der Waals surface area contributed by atoms with Gasteiger partial charge in [0.1, 0.15) is 11.3 Å². The summed E-state index contributed by atoms with van der Waals surface area (Å²) >= 11 is 0. The van der Waals surface area contributed by atoms with Gasteiger partial charge in [0, 0.05) is 30.2 Å². The van der Waals surface area contributed by atoms with E-state index < -0.39 is 10.0 Å². The molecule has 0 unspecified atom stereocenters. The lowest BCUT2D eigenvalue weighted by Gasteiger charge is -2.16. The second-order valence-corrected chi connectivity index (χ2v) is 8.57. The number of amides is 1. The number of methoxy groups -OCH3 is 1. The van der Waals surface area contributed by atoms with Crippen LogP contribution in [-0.2, 0) is 23.1 Å². The van der Waals surface area contributed by atoms with Crippen LogP contribution in [0.3, 0.4) is 0 Å². The average Bonchev–Trinajstić information content (AvgIpc) is 2.99. The maximum absolute atomic E-state index is 13.2. The highest BCUT2D eigenvalue weighted by atomic mass is 32.2. The predicted octanol–water partition coefficient (Wildman–Crippen LogP) is 2.91. The summed E-state index contributed by atoms with van der Waals surface area (Å²) in [7, 11) is -2.15. The van der Waals surface area contributed by atoms with Gasteiger partial charge in [0.2, 0.25) is 10.0 Å². The SMILES string of the molecule is COc1c2c(c(NS(C)(=O)=O)c3cccnc13)CN(Cc1ccc(F)cc1)C2=O. The molecule has 150 valence electrons. The molecule has 7 nitrogen and oxygen atoms in total. The molecule has 2 aromatic carbocycles. The predicted molar refractivity (Wildman–Crippen MR) is 107 cm³/mol. The van der Waals surface area contributed by atoms with E-state index in [1.165, 1.54) is 19.2 Å². The van der Waals surface area contributed by atoms with E-state index in [0.717, 1.165) is 11.8 Å². The van der Waals surface area contributed by atoms with Crippen molar-refractivity contribution in [1.29, 1.82) is 0 Å². The number of sulfonamides is 1. The van der Waals surface area contributed by atoms with Gasteiger partial charge in [0.05, 0.1) is 24.6 Å². The van der Waals surface area contributed by atoms with E-state index in [2.05, 4.69) is 9.71 Å².